The third kappa shape index (κ3) is 4.24. The molecule has 0 aliphatic carbocycles. The zero-order chi connectivity index (χ0) is 21.9. The maximum absolute atomic E-state index is 6.42. The predicted molar refractivity (Wildman–Crippen MR) is 132 cm³/mol. The first-order chi connectivity index (χ1) is 14.2. The van der Waals surface area contributed by atoms with Crippen LogP contribution < -0.4 is 5.46 Å². The highest BCUT2D eigenvalue weighted by Crippen LogP contribution is 2.38. The van der Waals surface area contributed by atoms with Gasteiger partial charge < -0.3 is 9.31 Å². The molecule has 1 aliphatic heterocycles. The Hall–Kier alpha value is -2.36. The third-order valence-corrected chi connectivity index (χ3v) is 6.05. The Morgan fingerprint density at radius 1 is 0.667 bits per heavy atom. The number of rotatable bonds is 5. The zero-order valence-corrected chi connectivity index (χ0v) is 19.3. The summed E-state index contributed by atoms with van der Waals surface area (Å²) in [6, 6.07) is 13.0. The summed E-state index contributed by atoms with van der Waals surface area (Å²) >= 11 is 0. The van der Waals surface area contributed by atoms with E-state index in [1.54, 1.807) is 0 Å². The standard InChI is InChI=1S/C27H33BO2/c1-8-13-20-16-11-12-17-23(20)24-19-25(22(15-10-3)18-21(24)14-9-2)28-29-26(4,5)27(6,7)30-28/h8-19H,1-7H3/b13-8+,14-9+,15-10+. The average Bonchev–Trinajstić information content (AvgIpc) is 2.90. The van der Waals surface area contributed by atoms with E-state index < -0.39 is 7.12 Å². The second-order valence-electron chi connectivity index (χ2n) is 8.74. The lowest BCUT2D eigenvalue weighted by atomic mass is 9.73. The first-order valence-corrected chi connectivity index (χ1v) is 10.7. The van der Waals surface area contributed by atoms with E-state index in [1.165, 1.54) is 22.3 Å². The van der Waals surface area contributed by atoms with Crippen molar-refractivity contribution in [3.05, 3.63) is 71.3 Å². The first kappa shape index (κ1) is 22.3. The van der Waals surface area contributed by atoms with Crippen molar-refractivity contribution in [2.75, 3.05) is 0 Å². The maximum atomic E-state index is 6.42. The van der Waals surface area contributed by atoms with Crippen LogP contribution in [0, 0.1) is 0 Å². The molecule has 0 aromatic heterocycles. The fourth-order valence-corrected chi connectivity index (χ4v) is 3.77. The molecule has 2 nitrogen and oxygen atoms in total. The van der Waals surface area contributed by atoms with Gasteiger partial charge in [0.2, 0.25) is 0 Å². The Kier molecular flexibility index (Phi) is 6.54. The SMILES string of the molecule is C/C=C/c1cc(/C=C/C)c(-c2ccccc2/C=C/C)cc1B1OC(C)(C)C(C)(C)O1. The van der Waals surface area contributed by atoms with Gasteiger partial charge in [-0.3, -0.25) is 0 Å². The third-order valence-electron chi connectivity index (χ3n) is 6.05. The van der Waals surface area contributed by atoms with Gasteiger partial charge in [0.05, 0.1) is 11.2 Å². The van der Waals surface area contributed by atoms with Crippen LogP contribution in [0.4, 0.5) is 0 Å². The van der Waals surface area contributed by atoms with E-state index in [0.29, 0.717) is 0 Å². The molecular formula is C27H33BO2. The van der Waals surface area contributed by atoms with E-state index in [1.807, 2.05) is 6.92 Å². The Labute approximate surface area is 182 Å². The van der Waals surface area contributed by atoms with Crippen LogP contribution in [0.15, 0.2) is 54.6 Å². The number of hydrogen-bond donors (Lipinski definition) is 0. The quantitative estimate of drug-likeness (QED) is 0.517. The lowest BCUT2D eigenvalue weighted by molar-refractivity contribution is 0.00578. The Morgan fingerprint density at radius 3 is 1.80 bits per heavy atom. The number of allylic oxidation sites excluding steroid dienone is 3. The van der Waals surface area contributed by atoms with Gasteiger partial charge in [0.15, 0.2) is 0 Å². The molecule has 3 heteroatoms. The van der Waals surface area contributed by atoms with Gasteiger partial charge in [0.1, 0.15) is 0 Å². The largest absolute Gasteiger partial charge is 0.495 e. The number of hydrogen-bond acceptors (Lipinski definition) is 2. The zero-order valence-electron chi connectivity index (χ0n) is 19.3. The molecule has 1 aliphatic rings. The second kappa shape index (κ2) is 8.79. The molecule has 0 N–H and O–H groups in total. The fourth-order valence-electron chi connectivity index (χ4n) is 3.77. The minimum atomic E-state index is -0.409. The summed E-state index contributed by atoms with van der Waals surface area (Å²) in [5.74, 6) is 0. The van der Waals surface area contributed by atoms with Crippen LogP contribution in [0.5, 0.6) is 0 Å². The van der Waals surface area contributed by atoms with Crippen molar-refractivity contribution >= 4 is 30.8 Å². The van der Waals surface area contributed by atoms with E-state index in [-0.39, 0.29) is 11.2 Å². The van der Waals surface area contributed by atoms with Gasteiger partial charge >= 0.3 is 7.12 Å². The lowest BCUT2D eigenvalue weighted by Gasteiger charge is -2.32. The summed E-state index contributed by atoms with van der Waals surface area (Å²) in [7, 11) is -0.409. The summed E-state index contributed by atoms with van der Waals surface area (Å²) in [4.78, 5) is 0. The van der Waals surface area contributed by atoms with Crippen LogP contribution in [-0.4, -0.2) is 18.3 Å². The molecule has 1 saturated heterocycles. The Morgan fingerprint density at radius 2 is 1.20 bits per heavy atom. The number of benzene rings is 2. The van der Waals surface area contributed by atoms with E-state index >= 15 is 0 Å². The maximum Gasteiger partial charge on any atom is 0.495 e. The van der Waals surface area contributed by atoms with E-state index in [0.717, 1.165) is 11.0 Å². The smallest absolute Gasteiger partial charge is 0.399 e. The highest BCUT2D eigenvalue weighted by Gasteiger charge is 2.52. The minimum absolute atomic E-state index is 0.379. The van der Waals surface area contributed by atoms with Crippen molar-refractivity contribution < 1.29 is 9.31 Å². The van der Waals surface area contributed by atoms with Gasteiger partial charge in [-0.05, 0) is 87.8 Å². The second-order valence-corrected chi connectivity index (χ2v) is 8.74. The van der Waals surface area contributed by atoms with Crippen LogP contribution in [0.2, 0.25) is 0 Å². The van der Waals surface area contributed by atoms with Crippen molar-refractivity contribution in [1.29, 1.82) is 0 Å². The van der Waals surface area contributed by atoms with Crippen molar-refractivity contribution in [2.45, 2.75) is 59.7 Å². The van der Waals surface area contributed by atoms with Gasteiger partial charge in [-0.2, -0.15) is 0 Å². The highest BCUT2D eigenvalue weighted by atomic mass is 16.7. The van der Waals surface area contributed by atoms with Gasteiger partial charge in [-0.1, -0.05) is 66.8 Å². The Bertz CT molecular complexity index is 980. The average molecular weight is 400 g/mol. The van der Waals surface area contributed by atoms with Crippen LogP contribution in [0.25, 0.3) is 29.4 Å². The van der Waals surface area contributed by atoms with Crippen LogP contribution in [0.3, 0.4) is 0 Å². The molecule has 156 valence electrons. The van der Waals surface area contributed by atoms with E-state index in [2.05, 4.69) is 114 Å². The molecule has 0 saturated carbocycles. The molecule has 0 amide bonds. The molecule has 0 atom stereocenters. The topological polar surface area (TPSA) is 18.5 Å². The molecule has 0 bridgehead atoms. The fraction of sp³-hybridized carbons (Fsp3) is 0.333. The van der Waals surface area contributed by atoms with Crippen LogP contribution in [-0.2, 0) is 9.31 Å². The molecular weight excluding hydrogens is 367 g/mol. The van der Waals surface area contributed by atoms with Gasteiger partial charge in [0.25, 0.3) is 0 Å². The molecule has 1 heterocycles. The highest BCUT2D eigenvalue weighted by molar-refractivity contribution is 6.63. The summed E-state index contributed by atoms with van der Waals surface area (Å²) < 4.78 is 12.8. The van der Waals surface area contributed by atoms with Gasteiger partial charge in [-0.25, -0.2) is 0 Å². The van der Waals surface area contributed by atoms with Gasteiger partial charge in [-0.15, -0.1) is 0 Å². The lowest BCUT2D eigenvalue weighted by Crippen LogP contribution is -2.41. The summed E-state index contributed by atoms with van der Waals surface area (Å²) in [5, 5.41) is 0. The molecule has 3 rings (SSSR count). The van der Waals surface area contributed by atoms with Crippen molar-refractivity contribution in [1.82, 2.24) is 0 Å². The normalized spacial score (nSPS) is 18.3. The van der Waals surface area contributed by atoms with Crippen molar-refractivity contribution in [2.24, 2.45) is 0 Å². The molecule has 1 fully saturated rings. The minimum Gasteiger partial charge on any atom is -0.399 e. The van der Waals surface area contributed by atoms with E-state index in [4.69, 9.17) is 9.31 Å². The molecule has 30 heavy (non-hydrogen) atoms. The molecule has 0 radical (unpaired) electrons. The van der Waals surface area contributed by atoms with E-state index in [9.17, 15) is 0 Å². The summed E-state index contributed by atoms with van der Waals surface area (Å²) in [6.07, 6.45) is 12.7. The Balaban J connectivity index is 2.25. The van der Waals surface area contributed by atoms with Crippen LogP contribution in [0.1, 0.15) is 65.2 Å². The molecule has 0 spiro atoms. The predicted octanol–water partition coefficient (Wildman–Crippen LogP) is 6.75. The summed E-state index contributed by atoms with van der Waals surface area (Å²) in [5.41, 5.74) is 6.19. The molecule has 0 unspecified atom stereocenters. The molecule has 2 aromatic rings. The van der Waals surface area contributed by atoms with Crippen molar-refractivity contribution in [3.63, 3.8) is 0 Å². The first-order valence-electron chi connectivity index (χ1n) is 10.7. The monoisotopic (exact) mass is 400 g/mol. The van der Waals surface area contributed by atoms with Crippen LogP contribution >= 0.6 is 0 Å². The van der Waals surface area contributed by atoms with Crippen molar-refractivity contribution in [3.8, 4) is 11.1 Å². The molecule has 2 aromatic carbocycles. The van der Waals surface area contributed by atoms with Gasteiger partial charge in [0, 0.05) is 0 Å². The summed E-state index contributed by atoms with van der Waals surface area (Å²) in [6.45, 7) is 14.5.